The quantitative estimate of drug-likeness (QED) is 0.474. The van der Waals surface area contributed by atoms with Crippen molar-refractivity contribution in [3.8, 4) is 5.69 Å². The summed E-state index contributed by atoms with van der Waals surface area (Å²) in [5.41, 5.74) is 7.81. The van der Waals surface area contributed by atoms with Gasteiger partial charge in [0.2, 0.25) is 0 Å². The molecule has 1 aromatic carbocycles. The zero-order valence-electron chi connectivity index (χ0n) is 12.5. The smallest absolute Gasteiger partial charge is 0.269 e. The van der Waals surface area contributed by atoms with E-state index in [2.05, 4.69) is 31.4 Å². The van der Waals surface area contributed by atoms with Crippen molar-refractivity contribution in [3.05, 3.63) is 68.5 Å². The number of benzene rings is 1. The first-order chi connectivity index (χ1) is 9.99. The van der Waals surface area contributed by atoms with Gasteiger partial charge in [0, 0.05) is 29.2 Å². The van der Waals surface area contributed by atoms with Gasteiger partial charge in [-0.1, -0.05) is 11.6 Å². The number of non-ortho nitro benzene ring substituents is 1. The summed E-state index contributed by atoms with van der Waals surface area (Å²) < 4.78 is 2.21. The van der Waals surface area contributed by atoms with Gasteiger partial charge >= 0.3 is 0 Å². The van der Waals surface area contributed by atoms with Crippen LogP contribution < -0.4 is 0 Å². The summed E-state index contributed by atoms with van der Waals surface area (Å²) in [5.74, 6) is 0. The summed E-state index contributed by atoms with van der Waals surface area (Å²) in [6.45, 7) is 6.43. The number of aromatic nitrogens is 1. The largest absolute Gasteiger partial charge is 0.318 e. The molecule has 3 rings (SSSR count). The molecule has 0 radical (unpaired) electrons. The van der Waals surface area contributed by atoms with E-state index in [1.807, 2.05) is 12.1 Å². The maximum atomic E-state index is 10.8. The first-order valence-corrected chi connectivity index (χ1v) is 7.09. The minimum absolute atomic E-state index is 0.128. The zero-order valence-corrected chi connectivity index (χ0v) is 12.5. The Morgan fingerprint density at radius 2 is 1.67 bits per heavy atom. The van der Waals surface area contributed by atoms with E-state index in [0.717, 1.165) is 18.5 Å². The molecule has 0 N–H and O–H groups in total. The number of nitro groups is 1. The third-order valence-electron chi connectivity index (χ3n) is 4.34. The number of rotatable bonds is 2. The van der Waals surface area contributed by atoms with E-state index in [1.54, 1.807) is 12.1 Å². The Bertz CT molecular complexity index is 752. The normalized spacial score (nSPS) is 13.8. The molecule has 4 heteroatoms. The van der Waals surface area contributed by atoms with E-state index < -0.39 is 0 Å². The lowest BCUT2D eigenvalue weighted by Crippen LogP contribution is -2.00. The summed E-state index contributed by atoms with van der Waals surface area (Å²) in [6.07, 6.45) is 4.27. The van der Waals surface area contributed by atoms with Crippen molar-refractivity contribution in [2.75, 3.05) is 0 Å². The first kappa shape index (κ1) is 13.6. The monoisotopic (exact) mass is 282 g/mol. The third-order valence-corrected chi connectivity index (χ3v) is 4.34. The number of nitrogens with zero attached hydrogens (tertiary/aromatic N) is 2. The maximum absolute atomic E-state index is 10.8. The lowest BCUT2D eigenvalue weighted by atomic mass is 9.93. The second-order valence-corrected chi connectivity index (χ2v) is 5.67. The molecular formula is C17H18N2O2. The Labute approximate surface area is 123 Å². The fourth-order valence-corrected chi connectivity index (χ4v) is 3.20. The van der Waals surface area contributed by atoms with Crippen LogP contribution in [0, 0.1) is 24.0 Å². The van der Waals surface area contributed by atoms with Gasteiger partial charge in [0.15, 0.2) is 0 Å². The highest BCUT2D eigenvalue weighted by Gasteiger charge is 2.20. The Hall–Kier alpha value is -2.36. The van der Waals surface area contributed by atoms with E-state index in [4.69, 9.17) is 0 Å². The molecule has 108 valence electrons. The summed E-state index contributed by atoms with van der Waals surface area (Å²) in [7, 11) is 0. The predicted molar refractivity (Wildman–Crippen MR) is 83.1 cm³/mol. The SMILES string of the molecule is CC1=CCc2c(c(C)n(-c3ccc([N+](=O)[O-])cc3)c2C)C1. The van der Waals surface area contributed by atoms with Gasteiger partial charge in [0.05, 0.1) is 4.92 Å². The van der Waals surface area contributed by atoms with E-state index in [1.165, 1.54) is 28.1 Å². The highest BCUT2D eigenvalue weighted by molar-refractivity contribution is 5.51. The molecule has 1 aliphatic rings. The number of allylic oxidation sites excluding steroid dienone is 2. The van der Waals surface area contributed by atoms with Crippen LogP contribution in [-0.4, -0.2) is 9.49 Å². The van der Waals surface area contributed by atoms with E-state index in [-0.39, 0.29) is 10.6 Å². The average Bonchev–Trinajstić information content (AvgIpc) is 2.70. The van der Waals surface area contributed by atoms with Crippen LogP contribution in [0.3, 0.4) is 0 Å². The first-order valence-electron chi connectivity index (χ1n) is 7.09. The van der Waals surface area contributed by atoms with Crippen LogP contribution in [0.5, 0.6) is 0 Å². The van der Waals surface area contributed by atoms with Crippen molar-refractivity contribution < 1.29 is 4.92 Å². The molecule has 0 atom stereocenters. The fraction of sp³-hybridized carbons (Fsp3) is 0.294. The second-order valence-electron chi connectivity index (χ2n) is 5.67. The molecule has 0 saturated heterocycles. The molecular weight excluding hydrogens is 264 g/mol. The van der Waals surface area contributed by atoms with Crippen LogP contribution in [0.4, 0.5) is 5.69 Å². The molecule has 1 aromatic heterocycles. The van der Waals surface area contributed by atoms with Crippen molar-refractivity contribution in [2.45, 2.75) is 33.6 Å². The number of nitro benzene ring substituents is 1. The van der Waals surface area contributed by atoms with Crippen LogP contribution in [0.2, 0.25) is 0 Å². The molecule has 2 aromatic rings. The van der Waals surface area contributed by atoms with E-state index in [0.29, 0.717) is 0 Å². The van der Waals surface area contributed by atoms with E-state index >= 15 is 0 Å². The summed E-state index contributed by atoms with van der Waals surface area (Å²) in [6, 6.07) is 6.78. The van der Waals surface area contributed by atoms with Crippen molar-refractivity contribution in [3.63, 3.8) is 0 Å². The van der Waals surface area contributed by atoms with Crippen LogP contribution in [-0.2, 0) is 12.8 Å². The molecule has 0 amide bonds. The minimum Gasteiger partial charge on any atom is -0.318 e. The Kier molecular flexibility index (Phi) is 3.16. The number of hydrogen-bond acceptors (Lipinski definition) is 2. The molecule has 0 spiro atoms. The van der Waals surface area contributed by atoms with Gasteiger partial charge in [-0.3, -0.25) is 10.1 Å². The zero-order chi connectivity index (χ0) is 15.1. The van der Waals surface area contributed by atoms with Crippen LogP contribution in [0.1, 0.15) is 29.4 Å². The standard InChI is InChI=1S/C17H18N2O2/c1-11-4-9-16-12(2)18(13(3)17(16)10-11)14-5-7-15(8-6-14)19(20)21/h4-8H,9-10H2,1-3H3. The highest BCUT2D eigenvalue weighted by Crippen LogP contribution is 2.32. The lowest BCUT2D eigenvalue weighted by molar-refractivity contribution is -0.384. The molecule has 0 aliphatic heterocycles. The molecule has 1 heterocycles. The van der Waals surface area contributed by atoms with Crippen molar-refractivity contribution >= 4 is 5.69 Å². The third kappa shape index (κ3) is 2.17. The number of hydrogen-bond donors (Lipinski definition) is 0. The average molecular weight is 282 g/mol. The Morgan fingerprint density at radius 3 is 2.29 bits per heavy atom. The molecule has 0 saturated carbocycles. The maximum Gasteiger partial charge on any atom is 0.269 e. The van der Waals surface area contributed by atoms with Crippen LogP contribution in [0.25, 0.3) is 5.69 Å². The topological polar surface area (TPSA) is 48.1 Å². The molecule has 0 unspecified atom stereocenters. The number of fused-ring (bicyclic) bond motifs is 1. The molecule has 0 fully saturated rings. The van der Waals surface area contributed by atoms with Gasteiger partial charge in [-0.05, 0) is 56.9 Å². The molecule has 4 nitrogen and oxygen atoms in total. The van der Waals surface area contributed by atoms with Gasteiger partial charge < -0.3 is 4.57 Å². The minimum atomic E-state index is -0.364. The molecule has 0 bridgehead atoms. The highest BCUT2D eigenvalue weighted by atomic mass is 16.6. The Balaban J connectivity index is 2.09. The fourth-order valence-electron chi connectivity index (χ4n) is 3.20. The van der Waals surface area contributed by atoms with Gasteiger partial charge in [-0.15, -0.1) is 0 Å². The van der Waals surface area contributed by atoms with Gasteiger partial charge in [-0.25, -0.2) is 0 Å². The second kappa shape index (κ2) is 4.88. The Morgan fingerprint density at radius 1 is 1.05 bits per heavy atom. The van der Waals surface area contributed by atoms with Gasteiger partial charge in [0.25, 0.3) is 5.69 Å². The van der Waals surface area contributed by atoms with Crippen molar-refractivity contribution in [1.82, 2.24) is 4.57 Å². The lowest BCUT2D eigenvalue weighted by Gasteiger charge is -2.11. The van der Waals surface area contributed by atoms with E-state index in [9.17, 15) is 10.1 Å². The summed E-state index contributed by atoms with van der Waals surface area (Å²) in [4.78, 5) is 10.4. The van der Waals surface area contributed by atoms with Gasteiger partial charge in [0.1, 0.15) is 0 Å². The van der Waals surface area contributed by atoms with Crippen molar-refractivity contribution in [2.24, 2.45) is 0 Å². The molecule has 1 aliphatic carbocycles. The predicted octanol–water partition coefficient (Wildman–Crippen LogP) is 4.05. The van der Waals surface area contributed by atoms with Crippen molar-refractivity contribution in [1.29, 1.82) is 0 Å². The van der Waals surface area contributed by atoms with Crippen LogP contribution >= 0.6 is 0 Å². The van der Waals surface area contributed by atoms with Crippen LogP contribution in [0.15, 0.2) is 35.9 Å². The summed E-state index contributed by atoms with van der Waals surface area (Å²) in [5, 5.41) is 10.8. The molecule has 21 heavy (non-hydrogen) atoms. The van der Waals surface area contributed by atoms with Gasteiger partial charge in [-0.2, -0.15) is 0 Å². The summed E-state index contributed by atoms with van der Waals surface area (Å²) >= 11 is 0.